The average molecular weight is 288 g/mol. The van der Waals surface area contributed by atoms with Gasteiger partial charge in [-0.1, -0.05) is 49.6 Å². The van der Waals surface area contributed by atoms with Crippen molar-refractivity contribution in [1.82, 2.24) is 4.90 Å². The van der Waals surface area contributed by atoms with E-state index in [0.717, 1.165) is 19.4 Å². The van der Waals surface area contributed by atoms with Gasteiger partial charge in [-0.15, -0.1) is 0 Å². The molecule has 1 amide bonds. The maximum Gasteiger partial charge on any atom is 0.239 e. The number of nitrogens with zero attached hydrogens (tertiary/aromatic N) is 1. The number of amides is 1. The van der Waals surface area contributed by atoms with Crippen molar-refractivity contribution in [3.05, 3.63) is 35.9 Å². The van der Waals surface area contributed by atoms with E-state index in [1.54, 1.807) is 0 Å². The van der Waals surface area contributed by atoms with Crippen molar-refractivity contribution < 1.29 is 4.79 Å². The Labute approximate surface area is 128 Å². The Morgan fingerprint density at radius 1 is 1.24 bits per heavy atom. The summed E-state index contributed by atoms with van der Waals surface area (Å²) in [5.74, 6) is 0.769. The highest BCUT2D eigenvalue weighted by atomic mass is 16.2. The molecular weight excluding hydrogens is 260 g/mol. The molecule has 0 heterocycles. The van der Waals surface area contributed by atoms with E-state index in [1.807, 2.05) is 30.1 Å². The highest BCUT2D eigenvalue weighted by molar-refractivity contribution is 5.81. The quantitative estimate of drug-likeness (QED) is 0.874. The number of carbonyl (C=O) groups excluding carboxylic acids is 1. The zero-order valence-corrected chi connectivity index (χ0v) is 13.1. The van der Waals surface area contributed by atoms with Gasteiger partial charge < -0.3 is 10.6 Å². The van der Waals surface area contributed by atoms with Crippen LogP contribution >= 0.6 is 0 Å². The van der Waals surface area contributed by atoms with Gasteiger partial charge in [-0.2, -0.15) is 0 Å². The summed E-state index contributed by atoms with van der Waals surface area (Å²) in [5, 5.41) is 0. The molecule has 1 saturated carbocycles. The van der Waals surface area contributed by atoms with Gasteiger partial charge in [0.1, 0.15) is 0 Å². The molecular formula is C18H28N2O. The molecule has 0 aromatic heterocycles. The van der Waals surface area contributed by atoms with Gasteiger partial charge in [0.25, 0.3) is 0 Å². The van der Waals surface area contributed by atoms with Crippen LogP contribution in [0.2, 0.25) is 0 Å². The van der Waals surface area contributed by atoms with E-state index in [2.05, 4.69) is 12.1 Å². The van der Waals surface area contributed by atoms with Crippen molar-refractivity contribution in [3.63, 3.8) is 0 Å². The fourth-order valence-corrected chi connectivity index (χ4v) is 3.22. The highest BCUT2D eigenvalue weighted by Crippen LogP contribution is 2.24. The number of hydrogen-bond acceptors (Lipinski definition) is 2. The average Bonchev–Trinajstić information content (AvgIpc) is 2.53. The minimum Gasteiger partial charge on any atom is -0.344 e. The third-order valence-corrected chi connectivity index (χ3v) is 4.54. The lowest BCUT2D eigenvalue weighted by Crippen LogP contribution is -2.44. The number of nitrogens with two attached hydrogens (primary N) is 1. The summed E-state index contributed by atoms with van der Waals surface area (Å²) in [5.41, 5.74) is 7.33. The van der Waals surface area contributed by atoms with Gasteiger partial charge in [0.2, 0.25) is 5.91 Å². The van der Waals surface area contributed by atoms with Gasteiger partial charge in [0.15, 0.2) is 0 Å². The second kappa shape index (κ2) is 8.18. The largest absolute Gasteiger partial charge is 0.344 e. The molecule has 0 saturated heterocycles. The molecule has 2 N–H and O–H groups in total. The Morgan fingerprint density at radius 3 is 2.57 bits per heavy atom. The summed E-state index contributed by atoms with van der Waals surface area (Å²) in [6, 6.07) is 9.85. The molecule has 1 aromatic rings. The predicted molar refractivity (Wildman–Crippen MR) is 87.0 cm³/mol. The molecule has 1 fully saturated rings. The number of likely N-dealkylation sites (N-methyl/N-ethyl adjacent to an activating group) is 1. The van der Waals surface area contributed by atoms with E-state index in [4.69, 9.17) is 5.73 Å². The first kappa shape index (κ1) is 16.0. The van der Waals surface area contributed by atoms with E-state index < -0.39 is 0 Å². The number of rotatable bonds is 6. The van der Waals surface area contributed by atoms with Gasteiger partial charge in [-0.05, 0) is 37.2 Å². The van der Waals surface area contributed by atoms with Crippen LogP contribution in [-0.4, -0.2) is 30.4 Å². The smallest absolute Gasteiger partial charge is 0.239 e. The maximum absolute atomic E-state index is 12.3. The normalized spacial score (nSPS) is 17.4. The molecule has 3 nitrogen and oxygen atoms in total. The topological polar surface area (TPSA) is 46.3 Å². The molecule has 1 aliphatic carbocycles. The zero-order valence-electron chi connectivity index (χ0n) is 13.1. The van der Waals surface area contributed by atoms with Crippen molar-refractivity contribution >= 4 is 5.91 Å². The van der Waals surface area contributed by atoms with Crippen LogP contribution in [0.4, 0.5) is 0 Å². The minimum absolute atomic E-state index is 0.0940. The Morgan fingerprint density at radius 2 is 1.90 bits per heavy atom. The van der Waals surface area contributed by atoms with Crippen LogP contribution in [0.1, 0.15) is 44.1 Å². The Bertz CT molecular complexity index is 426. The summed E-state index contributed by atoms with van der Waals surface area (Å²) in [6.07, 6.45) is 8.08. The van der Waals surface area contributed by atoms with Crippen LogP contribution in [0.3, 0.4) is 0 Å². The zero-order chi connectivity index (χ0) is 15.1. The van der Waals surface area contributed by atoms with Crippen LogP contribution in [-0.2, 0) is 11.2 Å². The van der Waals surface area contributed by atoms with Crippen LogP contribution in [0.25, 0.3) is 0 Å². The molecule has 0 spiro atoms. The highest BCUT2D eigenvalue weighted by Gasteiger charge is 2.22. The van der Waals surface area contributed by atoms with Crippen molar-refractivity contribution in [2.75, 3.05) is 13.6 Å². The molecule has 1 aliphatic rings. The molecule has 116 valence electrons. The first-order valence-electron chi connectivity index (χ1n) is 8.21. The molecule has 1 atom stereocenters. The first-order chi connectivity index (χ1) is 10.2. The monoisotopic (exact) mass is 288 g/mol. The molecule has 0 bridgehead atoms. The van der Waals surface area contributed by atoms with Gasteiger partial charge in [0.05, 0.1) is 6.04 Å². The van der Waals surface area contributed by atoms with Gasteiger partial charge >= 0.3 is 0 Å². The number of carbonyl (C=O) groups is 1. The summed E-state index contributed by atoms with van der Waals surface area (Å²) >= 11 is 0. The second-order valence-electron chi connectivity index (χ2n) is 6.35. The third-order valence-electron chi connectivity index (χ3n) is 4.54. The van der Waals surface area contributed by atoms with Crippen molar-refractivity contribution in [1.29, 1.82) is 0 Å². The van der Waals surface area contributed by atoms with Crippen LogP contribution in [0.15, 0.2) is 30.3 Å². The van der Waals surface area contributed by atoms with Gasteiger partial charge in [-0.25, -0.2) is 0 Å². The van der Waals surface area contributed by atoms with E-state index >= 15 is 0 Å². The molecule has 3 heteroatoms. The Balaban J connectivity index is 1.75. The Kier molecular flexibility index (Phi) is 6.24. The van der Waals surface area contributed by atoms with Crippen LogP contribution in [0.5, 0.6) is 0 Å². The number of hydrogen-bond donors (Lipinski definition) is 1. The van der Waals surface area contributed by atoms with Gasteiger partial charge in [0, 0.05) is 13.6 Å². The third kappa shape index (κ3) is 5.16. The van der Waals surface area contributed by atoms with E-state index in [1.165, 1.54) is 37.7 Å². The molecule has 0 aliphatic heterocycles. The minimum atomic E-state index is -0.376. The van der Waals surface area contributed by atoms with Crippen molar-refractivity contribution in [3.8, 4) is 0 Å². The van der Waals surface area contributed by atoms with Crippen molar-refractivity contribution in [2.45, 2.75) is 51.0 Å². The predicted octanol–water partition coefficient (Wildman–Crippen LogP) is 2.99. The second-order valence-corrected chi connectivity index (χ2v) is 6.35. The fraction of sp³-hybridized carbons (Fsp3) is 0.611. The Hall–Kier alpha value is -1.35. The van der Waals surface area contributed by atoms with E-state index in [0.29, 0.717) is 5.92 Å². The summed E-state index contributed by atoms with van der Waals surface area (Å²) < 4.78 is 0. The molecule has 0 radical (unpaired) electrons. The first-order valence-corrected chi connectivity index (χ1v) is 8.21. The van der Waals surface area contributed by atoms with E-state index in [-0.39, 0.29) is 11.9 Å². The van der Waals surface area contributed by atoms with E-state index in [9.17, 15) is 4.79 Å². The molecule has 1 aromatic carbocycles. The molecule has 2 rings (SSSR count). The van der Waals surface area contributed by atoms with Crippen LogP contribution < -0.4 is 5.73 Å². The van der Waals surface area contributed by atoms with Crippen LogP contribution in [0, 0.1) is 5.92 Å². The fourth-order valence-electron chi connectivity index (χ4n) is 3.22. The standard InChI is InChI=1S/C18H28N2O/c1-20(14-16-10-6-3-7-11-16)18(21)17(19)13-12-15-8-4-2-5-9-15/h2,4-5,8-9,16-17H,3,6-7,10-14,19H2,1H3. The summed E-state index contributed by atoms with van der Waals surface area (Å²) in [4.78, 5) is 14.2. The lowest BCUT2D eigenvalue weighted by atomic mass is 9.89. The molecule has 21 heavy (non-hydrogen) atoms. The SMILES string of the molecule is CN(CC1CCCCC1)C(=O)C(N)CCc1ccccc1. The number of aryl methyl sites for hydroxylation is 1. The maximum atomic E-state index is 12.3. The summed E-state index contributed by atoms with van der Waals surface area (Å²) in [7, 11) is 1.90. The molecule has 1 unspecified atom stereocenters. The van der Waals surface area contributed by atoms with Crippen molar-refractivity contribution in [2.24, 2.45) is 11.7 Å². The van der Waals surface area contributed by atoms with Gasteiger partial charge in [-0.3, -0.25) is 4.79 Å². The summed E-state index contributed by atoms with van der Waals surface area (Å²) in [6.45, 7) is 0.873. The number of benzene rings is 1. The lowest BCUT2D eigenvalue weighted by Gasteiger charge is -2.28. The lowest BCUT2D eigenvalue weighted by molar-refractivity contribution is -0.132.